The Labute approximate surface area is 254 Å². The van der Waals surface area contributed by atoms with Crippen LogP contribution in [0.4, 0.5) is 0 Å². The van der Waals surface area contributed by atoms with Gasteiger partial charge in [-0.15, -0.1) is 0 Å². The molecule has 200 valence electrons. The Morgan fingerprint density at radius 1 is 0.789 bits per heavy atom. The van der Waals surface area contributed by atoms with Gasteiger partial charge in [-0.1, -0.05) is 0 Å². The summed E-state index contributed by atoms with van der Waals surface area (Å²) in [7, 11) is 0. The van der Waals surface area contributed by atoms with E-state index in [2.05, 4.69) is 128 Å². The molecule has 0 bridgehead atoms. The summed E-state index contributed by atoms with van der Waals surface area (Å²) in [5, 5.41) is 4.57. The molecular formula is C34H40Cl2SZr. The standard InChI is InChI=1S/C21H25.C10H9S.C3H6.2ClH.Zr/c1-20(2,3)16-9-7-14-11-15-8-10-17(21(4,5)6)13-19(15)18(14)12-16;1-8-2-3-9(6-8)10-4-5-11-7-10;1-3-2;;;/h7-13H,1-6H3;2-5,7-8H,1H3;1-2H3;2*1H;/q;;;;;+2/p-2. The van der Waals surface area contributed by atoms with E-state index in [0.29, 0.717) is 9.54 Å². The van der Waals surface area contributed by atoms with Gasteiger partial charge in [0.05, 0.1) is 0 Å². The summed E-state index contributed by atoms with van der Waals surface area (Å²) in [4.78, 5) is 0. The molecule has 2 aliphatic rings. The largest absolute Gasteiger partial charge is 1.00 e. The van der Waals surface area contributed by atoms with Crippen LogP contribution in [0.2, 0.25) is 0 Å². The molecule has 1 heterocycles. The van der Waals surface area contributed by atoms with E-state index >= 15 is 0 Å². The Kier molecular flexibility index (Phi) is 9.48. The van der Waals surface area contributed by atoms with Crippen LogP contribution in [0.1, 0.15) is 93.8 Å². The third kappa shape index (κ3) is 5.58. The molecule has 2 aliphatic carbocycles. The Morgan fingerprint density at radius 2 is 1.32 bits per heavy atom. The van der Waals surface area contributed by atoms with Gasteiger partial charge in [0.15, 0.2) is 0 Å². The van der Waals surface area contributed by atoms with E-state index < -0.39 is 21.3 Å². The van der Waals surface area contributed by atoms with Crippen LogP contribution < -0.4 is 24.8 Å². The first-order chi connectivity index (χ1) is 16.9. The molecule has 0 saturated carbocycles. The third-order valence-electron chi connectivity index (χ3n) is 8.00. The molecule has 0 radical (unpaired) electrons. The van der Waals surface area contributed by atoms with Gasteiger partial charge in [0.1, 0.15) is 0 Å². The summed E-state index contributed by atoms with van der Waals surface area (Å²) in [5.74, 6) is 0.527. The summed E-state index contributed by atoms with van der Waals surface area (Å²) in [5.41, 5.74) is 12.2. The minimum atomic E-state index is -2.31. The molecular weight excluding hydrogens is 603 g/mol. The number of benzene rings is 2. The fraction of sp³-hybridized carbons (Fsp3) is 0.382. The van der Waals surface area contributed by atoms with Gasteiger partial charge in [-0.05, 0) is 0 Å². The maximum Gasteiger partial charge on any atom is -1.00 e. The number of hydrogen-bond donors (Lipinski definition) is 0. The van der Waals surface area contributed by atoms with Gasteiger partial charge in [0.25, 0.3) is 0 Å². The van der Waals surface area contributed by atoms with E-state index in [0.717, 1.165) is 0 Å². The van der Waals surface area contributed by atoms with Gasteiger partial charge in [-0.3, -0.25) is 0 Å². The topological polar surface area (TPSA) is 0 Å². The average molecular weight is 643 g/mol. The monoisotopic (exact) mass is 640 g/mol. The molecule has 5 rings (SSSR count). The van der Waals surface area contributed by atoms with Gasteiger partial charge < -0.3 is 24.8 Å². The van der Waals surface area contributed by atoms with Crippen molar-refractivity contribution in [3.63, 3.8) is 0 Å². The molecule has 3 aromatic rings. The number of fused-ring (bicyclic) bond motifs is 3. The summed E-state index contributed by atoms with van der Waals surface area (Å²) >= 11 is -0.496. The Bertz CT molecular complexity index is 1360. The van der Waals surface area contributed by atoms with E-state index in [9.17, 15) is 0 Å². The van der Waals surface area contributed by atoms with Crippen molar-refractivity contribution in [2.45, 2.75) is 76.8 Å². The van der Waals surface area contributed by atoms with E-state index in [1.807, 2.05) is 11.3 Å². The first-order valence-corrected chi connectivity index (χ1v) is 18.1. The summed E-state index contributed by atoms with van der Waals surface area (Å²) in [6, 6.07) is 17.2. The number of allylic oxidation sites excluding steroid dienone is 4. The van der Waals surface area contributed by atoms with Gasteiger partial charge in [0, 0.05) is 0 Å². The molecule has 0 nitrogen and oxygen atoms in total. The number of thiophene rings is 1. The van der Waals surface area contributed by atoms with Gasteiger partial charge in [0.2, 0.25) is 0 Å². The van der Waals surface area contributed by atoms with Crippen LogP contribution in [0.25, 0.3) is 16.7 Å². The van der Waals surface area contributed by atoms with Gasteiger partial charge in [-0.2, -0.15) is 0 Å². The second-order valence-corrected chi connectivity index (χ2v) is 21.0. The first kappa shape index (κ1) is 31.5. The zero-order chi connectivity index (χ0) is 26.0. The fourth-order valence-corrected chi connectivity index (χ4v) is 15.6. The molecule has 1 aromatic heterocycles. The van der Waals surface area contributed by atoms with Crippen molar-refractivity contribution < 1.29 is 46.1 Å². The number of halogens is 2. The quantitative estimate of drug-likeness (QED) is 0.407. The molecule has 2 aromatic carbocycles. The predicted molar refractivity (Wildman–Crippen MR) is 157 cm³/mol. The summed E-state index contributed by atoms with van der Waals surface area (Å²) in [6.45, 7) is 21.3. The third-order valence-corrected chi connectivity index (χ3v) is 17.5. The predicted octanol–water partition coefficient (Wildman–Crippen LogP) is 3.87. The number of rotatable bonds is 3. The van der Waals surface area contributed by atoms with Gasteiger partial charge >= 0.3 is 232 Å². The van der Waals surface area contributed by atoms with Crippen LogP contribution >= 0.6 is 11.3 Å². The van der Waals surface area contributed by atoms with Crippen molar-refractivity contribution in [1.29, 1.82) is 0 Å². The molecule has 0 amide bonds. The molecule has 0 N–H and O–H groups in total. The van der Waals surface area contributed by atoms with Gasteiger partial charge in [-0.25, -0.2) is 0 Å². The number of hydrogen-bond acceptors (Lipinski definition) is 1. The molecule has 4 heteroatoms. The molecule has 1 unspecified atom stereocenters. The fourth-order valence-electron chi connectivity index (χ4n) is 5.94. The van der Waals surface area contributed by atoms with Crippen molar-refractivity contribution in [3.8, 4) is 11.1 Å². The smallest absolute Gasteiger partial charge is 1.00 e. The van der Waals surface area contributed by atoms with Crippen molar-refractivity contribution in [1.82, 2.24) is 0 Å². The summed E-state index contributed by atoms with van der Waals surface area (Å²) in [6.07, 6.45) is 4.88. The molecule has 1 atom stereocenters. The Morgan fingerprint density at radius 3 is 1.74 bits per heavy atom. The van der Waals surface area contributed by atoms with Crippen LogP contribution in [-0.2, 0) is 32.1 Å². The van der Waals surface area contributed by atoms with Crippen LogP contribution in [0.5, 0.6) is 0 Å². The molecule has 0 aliphatic heterocycles. The SMILES string of the molecule is C[C](C)=[Zr+2]([C]1=C(c2ccsc2)C=CC1C)[CH]1c2ccc(C(C)(C)C)cc2-c2cc(C(C)(C)C)ccc21.[Cl-].[Cl-]. The maximum absolute atomic E-state index is 2.52. The zero-order valence-electron chi connectivity index (χ0n) is 24.2. The molecule has 38 heavy (non-hydrogen) atoms. The minimum absolute atomic E-state index is 0. The van der Waals surface area contributed by atoms with E-state index in [1.54, 1.807) is 17.6 Å². The van der Waals surface area contributed by atoms with Crippen molar-refractivity contribution in [2.75, 3.05) is 0 Å². The maximum atomic E-state index is 2.52. The van der Waals surface area contributed by atoms with E-state index in [4.69, 9.17) is 0 Å². The van der Waals surface area contributed by atoms with E-state index in [-0.39, 0.29) is 35.6 Å². The molecule has 0 saturated heterocycles. The minimum Gasteiger partial charge on any atom is -1.00 e. The normalized spacial score (nSPS) is 16.4. The second-order valence-electron chi connectivity index (χ2n) is 12.9. The Hall–Kier alpha value is -1.05. The zero-order valence-corrected chi connectivity index (χ0v) is 29.0. The van der Waals surface area contributed by atoms with Crippen molar-refractivity contribution in [3.05, 3.63) is 96.5 Å². The Balaban J connectivity index is 0.00000200. The van der Waals surface area contributed by atoms with Crippen molar-refractivity contribution >= 4 is 20.1 Å². The van der Waals surface area contributed by atoms with Crippen LogP contribution in [0.3, 0.4) is 0 Å². The molecule has 0 fully saturated rings. The van der Waals surface area contributed by atoms with E-state index in [1.165, 1.54) is 33.4 Å². The van der Waals surface area contributed by atoms with Crippen LogP contribution in [0.15, 0.2) is 68.7 Å². The van der Waals surface area contributed by atoms with Crippen molar-refractivity contribution in [2.24, 2.45) is 5.92 Å². The average Bonchev–Trinajstić information content (AvgIpc) is 3.51. The molecule has 0 spiro atoms. The first-order valence-electron chi connectivity index (χ1n) is 13.3. The van der Waals surface area contributed by atoms with Crippen LogP contribution in [0, 0.1) is 5.92 Å². The summed E-state index contributed by atoms with van der Waals surface area (Å²) < 4.78 is 4.01. The van der Waals surface area contributed by atoms with Crippen LogP contribution in [-0.4, -0.2) is 3.21 Å². The second kappa shape index (κ2) is 11.4.